The quantitative estimate of drug-likeness (QED) is 0.174. The van der Waals surface area contributed by atoms with Gasteiger partial charge in [0, 0.05) is 11.1 Å². The van der Waals surface area contributed by atoms with Crippen LogP contribution in [0.1, 0.15) is 44.5 Å². The van der Waals surface area contributed by atoms with Crippen LogP contribution in [0.5, 0.6) is 11.5 Å². The van der Waals surface area contributed by atoms with Crippen LogP contribution in [0.4, 0.5) is 0 Å². The second-order valence-corrected chi connectivity index (χ2v) is 14.7. The van der Waals surface area contributed by atoms with Gasteiger partial charge in [-0.1, -0.05) is 188 Å². The highest BCUT2D eigenvalue weighted by Crippen LogP contribution is 2.60. The van der Waals surface area contributed by atoms with Gasteiger partial charge in [0.05, 0.1) is 10.8 Å². The van der Waals surface area contributed by atoms with E-state index >= 15 is 0 Å². The summed E-state index contributed by atoms with van der Waals surface area (Å²) < 4.78 is 6.89. The lowest BCUT2D eigenvalue weighted by Gasteiger charge is -2.43. The van der Waals surface area contributed by atoms with Gasteiger partial charge in [-0.25, -0.2) is 0 Å². The van der Waals surface area contributed by atoms with Crippen molar-refractivity contribution in [3.63, 3.8) is 0 Å². The molecule has 1 nitrogen and oxygen atoms in total. The van der Waals surface area contributed by atoms with Crippen molar-refractivity contribution >= 4 is 10.8 Å². The van der Waals surface area contributed by atoms with Gasteiger partial charge in [0.25, 0.3) is 0 Å². The number of para-hydroxylation sites is 1. The molecule has 0 N–H and O–H groups in total. The van der Waals surface area contributed by atoms with Gasteiger partial charge in [-0.3, -0.25) is 0 Å². The molecule has 0 spiro atoms. The molecule has 1 unspecified atom stereocenters. The maximum atomic E-state index is 6.89. The molecule has 0 aromatic heterocycles. The predicted molar refractivity (Wildman–Crippen MR) is 225 cm³/mol. The highest BCUT2D eigenvalue weighted by Gasteiger charge is 2.48. The van der Waals surface area contributed by atoms with E-state index in [4.69, 9.17) is 4.74 Å². The fourth-order valence-electron chi connectivity index (χ4n) is 9.87. The van der Waals surface area contributed by atoms with Gasteiger partial charge in [-0.2, -0.15) is 0 Å². The molecule has 9 aromatic carbocycles. The summed E-state index contributed by atoms with van der Waals surface area (Å²) in [6.07, 6.45) is 0. The van der Waals surface area contributed by atoms with Crippen molar-refractivity contribution in [3.05, 3.63) is 263 Å². The molecule has 0 saturated carbocycles. The van der Waals surface area contributed by atoms with Crippen molar-refractivity contribution in [1.82, 2.24) is 0 Å². The Kier molecular flexibility index (Phi) is 7.06. The summed E-state index contributed by atoms with van der Waals surface area (Å²) >= 11 is 0. The second-order valence-electron chi connectivity index (χ2n) is 14.7. The fraction of sp³-hybridized carbons (Fsp3) is 0.0370. The van der Waals surface area contributed by atoms with Gasteiger partial charge in [0.1, 0.15) is 11.5 Å². The molecule has 1 heteroatoms. The van der Waals surface area contributed by atoms with Gasteiger partial charge in [-0.05, 0) is 96.7 Å². The van der Waals surface area contributed by atoms with Crippen LogP contribution >= 0.6 is 0 Å². The second kappa shape index (κ2) is 12.3. The Labute approximate surface area is 321 Å². The summed E-state index contributed by atoms with van der Waals surface area (Å²) in [5, 5.41) is 2.50. The van der Waals surface area contributed by atoms with Crippen LogP contribution in [0.15, 0.2) is 218 Å². The van der Waals surface area contributed by atoms with Crippen molar-refractivity contribution in [1.29, 1.82) is 0 Å². The number of hydrogen-bond acceptors (Lipinski definition) is 1. The van der Waals surface area contributed by atoms with E-state index < -0.39 is 10.8 Å². The molecule has 0 fully saturated rings. The molecule has 9 aromatic rings. The molecule has 258 valence electrons. The molecule has 0 amide bonds. The maximum absolute atomic E-state index is 6.89. The zero-order valence-corrected chi connectivity index (χ0v) is 30.2. The summed E-state index contributed by atoms with van der Waals surface area (Å²) in [5.74, 6) is 1.75. The first-order chi connectivity index (χ1) is 27.3. The summed E-state index contributed by atoms with van der Waals surface area (Å²) in [6, 6.07) is 80.0. The standard InChI is InChI=1S/C54H36O/c1-4-21-40(22-5-1)53(47-30-13-12-28-45(47)46-35-37-18-10-11-19-38(37)36-49(46)53)43-27-16-20-39(34-43)44-29-17-33-51-52(44)54(41-23-6-2-7-24-41,42-25-8-3-9-26-42)48-31-14-15-32-50(48)55-51/h1-36H. The Morgan fingerprint density at radius 2 is 0.800 bits per heavy atom. The molecule has 1 atom stereocenters. The Bertz CT molecular complexity index is 2850. The number of hydrogen-bond donors (Lipinski definition) is 0. The first kappa shape index (κ1) is 31.6. The van der Waals surface area contributed by atoms with E-state index in [0.29, 0.717) is 0 Å². The van der Waals surface area contributed by atoms with Crippen molar-refractivity contribution in [2.75, 3.05) is 0 Å². The Balaban J connectivity index is 1.23. The summed E-state index contributed by atoms with van der Waals surface area (Å²) in [5.41, 5.74) is 13.5. The van der Waals surface area contributed by atoms with Gasteiger partial charge in [0.15, 0.2) is 0 Å². The molecule has 55 heavy (non-hydrogen) atoms. The van der Waals surface area contributed by atoms with Crippen LogP contribution in [-0.4, -0.2) is 0 Å². The average molecular weight is 701 g/mol. The average Bonchev–Trinajstić information content (AvgIpc) is 3.55. The van der Waals surface area contributed by atoms with Crippen molar-refractivity contribution in [2.45, 2.75) is 10.8 Å². The lowest BCUT2D eigenvalue weighted by molar-refractivity contribution is 0.435. The largest absolute Gasteiger partial charge is 0.457 e. The third-order valence-electron chi connectivity index (χ3n) is 12.1. The van der Waals surface area contributed by atoms with E-state index in [-0.39, 0.29) is 0 Å². The van der Waals surface area contributed by atoms with Crippen LogP contribution in [0.2, 0.25) is 0 Å². The zero-order valence-electron chi connectivity index (χ0n) is 30.2. The van der Waals surface area contributed by atoms with Crippen molar-refractivity contribution in [3.8, 4) is 33.8 Å². The monoisotopic (exact) mass is 700 g/mol. The van der Waals surface area contributed by atoms with Crippen LogP contribution < -0.4 is 4.74 Å². The lowest BCUT2D eigenvalue weighted by atomic mass is 9.62. The zero-order chi connectivity index (χ0) is 36.4. The third-order valence-corrected chi connectivity index (χ3v) is 12.1. The third kappa shape index (κ3) is 4.47. The first-order valence-electron chi connectivity index (χ1n) is 19.1. The van der Waals surface area contributed by atoms with Crippen molar-refractivity contribution < 1.29 is 4.74 Å². The normalized spacial score (nSPS) is 16.0. The molecule has 0 saturated heterocycles. The Hall–Kier alpha value is -6.96. The van der Waals surface area contributed by atoms with Crippen LogP contribution in [0, 0.1) is 0 Å². The fourth-order valence-corrected chi connectivity index (χ4v) is 9.87. The summed E-state index contributed by atoms with van der Waals surface area (Å²) in [6.45, 7) is 0. The molecule has 0 bridgehead atoms. The predicted octanol–water partition coefficient (Wildman–Crippen LogP) is 13.4. The van der Waals surface area contributed by atoms with E-state index in [1.54, 1.807) is 0 Å². The first-order valence-corrected chi connectivity index (χ1v) is 19.1. The van der Waals surface area contributed by atoms with Crippen LogP contribution in [0.25, 0.3) is 33.0 Å². The highest BCUT2D eigenvalue weighted by molar-refractivity contribution is 5.96. The molecule has 11 rings (SSSR count). The van der Waals surface area contributed by atoms with E-state index in [1.807, 2.05) is 0 Å². The number of rotatable bonds is 5. The van der Waals surface area contributed by atoms with Crippen LogP contribution in [0.3, 0.4) is 0 Å². The van der Waals surface area contributed by atoms with Gasteiger partial charge < -0.3 is 4.74 Å². The molecular weight excluding hydrogens is 665 g/mol. The number of benzene rings is 9. The number of ether oxygens (including phenoxy) is 1. The maximum Gasteiger partial charge on any atom is 0.132 e. The molecular formula is C54H36O. The molecule has 1 aliphatic heterocycles. The van der Waals surface area contributed by atoms with Gasteiger partial charge in [-0.15, -0.1) is 0 Å². The number of fused-ring (bicyclic) bond motifs is 6. The van der Waals surface area contributed by atoms with Gasteiger partial charge >= 0.3 is 0 Å². The highest BCUT2D eigenvalue weighted by atomic mass is 16.5. The van der Waals surface area contributed by atoms with E-state index in [0.717, 1.165) is 33.8 Å². The molecule has 0 radical (unpaired) electrons. The molecule has 1 aliphatic carbocycles. The molecule has 2 aliphatic rings. The molecule has 1 heterocycles. The lowest BCUT2D eigenvalue weighted by Crippen LogP contribution is -2.34. The summed E-state index contributed by atoms with van der Waals surface area (Å²) in [4.78, 5) is 0. The van der Waals surface area contributed by atoms with E-state index in [9.17, 15) is 0 Å². The topological polar surface area (TPSA) is 9.23 Å². The van der Waals surface area contributed by atoms with E-state index in [1.165, 1.54) is 55.3 Å². The van der Waals surface area contributed by atoms with E-state index in [2.05, 4.69) is 218 Å². The Morgan fingerprint density at radius 3 is 1.51 bits per heavy atom. The minimum Gasteiger partial charge on any atom is -0.457 e. The minimum atomic E-state index is -0.637. The SMILES string of the molecule is c1ccc(C2(c3cccc(-c4cccc5c4C(c4ccccc4)(c4ccccc4)c4ccccc4O5)c3)c3ccccc3-c3cc4ccccc4cc32)cc1. The van der Waals surface area contributed by atoms with Gasteiger partial charge in [0.2, 0.25) is 0 Å². The minimum absolute atomic E-state index is 0.541. The summed E-state index contributed by atoms with van der Waals surface area (Å²) in [7, 11) is 0. The Morgan fingerprint density at radius 1 is 0.291 bits per heavy atom. The smallest absolute Gasteiger partial charge is 0.132 e. The van der Waals surface area contributed by atoms with Crippen LogP contribution in [-0.2, 0) is 10.8 Å². The van der Waals surface area contributed by atoms with Crippen molar-refractivity contribution in [2.24, 2.45) is 0 Å².